The molecule has 36 heavy (non-hydrogen) atoms. The lowest BCUT2D eigenvalue weighted by molar-refractivity contribution is -0.137. The van der Waals surface area contributed by atoms with E-state index in [0.29, 0.717) is 21.4 Å². The van der Waals surface area contributed by atoms with Crippen molar-refractivity contribution in [2.45, 2.75) is 22.6 Å². The van der Waals surface area contributed by atoms with E-state index >= 15 is 0 Å². The minimum atomic E-state index is -4.88. The molecule has 0 aliphatic carbocycles. The first-order valence-electron chi connectivity index (χ1n) is 10.2. The zero-order valence-corrected chi connectivity index (χ0v) is 20.7. The first-order chi connectivity index (χ1) is 16.8. The zero-order valence-electron chi connectivity index (χ0n) is 18.2. The van der Waals surface area contributed by atoms with Gasteiger partial charge in [-0.05, 0) is 48.0 Å². The van der Waals surface area contributed by atoms with Crippen LogP contribution in [0.3, 0.4) is 0 Å². The highest BCUT2D eigenvalue weighted by molar-refractivity contribution is 7.92. The number of sulfonamides is 1. The van der Waals surface area contributed by atoms with E-state index in [1.807, 2.05) is 0 Å². The lowest BCUT2D eigenvalue weighted by Crippen LogP contribution is -2.36. The Hall–Kier alpha value is -2.91. The SMILES string of the molecule is O=P(O)(O)[C@H](Cc1c[nH]c2ccccc12)NS(=O)(=O)c1ccc(C#Cc2ccc(C(F)(F)F)cc2)s1. The molecule has 2 heterocycles. The van der Waals surface area contributed by atoms with Crippen LogP contribution in [-0.2, 0) is 27.2 Å². The molecule has 188 valence electrons. The molecule has 1 atom stereocenters. The molecule has 4 N–H and O–H groups in total. The fourth-order valence-electron chi connectivity index (χ4n) is 3.38. The number of hydrogen-bond acceptors (Lipinski definition) is 4. The van der Waals surface area contributed by atoms with E-state index in [-0.39, 0.29) is 10.6 Å². The fourth-order valence-corrected chi connectivity index (χ4v) is 7.03. The molecule has 0 spiro atoms. The summed E-state index contributed by atoms with van der Waals surface area (Å²) in [4.78, 5) is 22.9. The van der Waals surface area contributed by atoms with Crippen LogP contribution >= 0.6 is 18.9 Å². The molecule has 13 heteroatoms. The van der Waals surface area contributed by atoms with Crippen molar-refractivity contribution >= 4 is 39.9 Å². The molecule has 4 rings (SSSR count). The average molecular weight is 555 g/mol. The molecule has 2 aromatic heterocycles. The Labute approximate surface area is 208 Å². The second kappa shape index (κ2) is 9.86. The van der Waals surface area contributed by atoms with Gasteiger partial charge in [0.15, 0.2) is 0 Å². The van der Waals surface area contributed by atoms with Crippen LogP contribution in [0.5, 0.6) is 0 Å². The molecule has 2 aromatic carbocycles. The summed E-state index contributed by atoms with van der Waals surface area (Å²) in [6.45, 7) is 0. The highest BCUT2D eigenvalue weighted by atomic mass is 32.2. The highest BCUT2D eigenvalue weighted by Gasteiger charge is 2.34. The number of fused-ring (bicyclic) bond motifs is 1. The van der Waals surface area contributed by atoms with Gasteiger partial charge in [0.2, 0.25) is 0 Å². The summed E-state index contributed by atoms with van der Waals surface area (Å²) in [5, 5.41) is 0.715. The average Bonchev–Trinajstić information content (AvgIpc) is 3.44. The molecule has 7 nitrogen and oxygen atoms in total. The number of thiophene rings is 1. The van der Waals surface area contributed by atoms with E-state index in [1.165, 1.54) is 24.3 Å². The third-order valence-corrected chi connectivity index (χ3v) is 9.44. The summed E-state index contributed by atoms with van der Waals surface area (Å²) in [6, 6.07) is 13.9. The van der Waals surface area contributed by atoms with Crippen LogP contribution in [0.2, 0.25) is 0 Å². The summed E-state index contributed by atoms with van der Waals surface area (Å²) in [5.74, 6) is 3.65. The van der Waals surface area contributed by atoms with Crippen LogP contribution in [0.4, 0.5) is 13.2 Å². The van der Waals surface area contributed by atoms with Gasteiger partial charge in [-0.15, -0.1) is 11.3 Å². The second-order valence-corrected chi connectivity index (χ2v) is 12.6. The third-order valence-electron chi connectivity index (χ3n) is 5.17. The van der Waals surface area contributed by atoms with Crippen molar-refractivity contribution in [3.8, 4) is 11.8 Å². The zero-order chi connectivity index (χ0) is 26.1. The minimum absolute atomic E-state index is 0.211. The van der Waals surface area contributed by atoms with Gasteiger partial charge in [0.1, 0.15) is 9.99 Å². The third kappa shape index (κ3) is 6.07. The quantitative estimate of drug-likeness (QED) is 0.204. The highest BCUT2D eigenvalue weighted by Crippen LogP contribution is 2.43. The van der Waals surface area contributed by atoms with Gasteiger partial charge in [-0.2, -0.15) is 17.9 Å². The van der Waals surface area contributed by atoms with Crippen LogP contribution < -0.4 is 4.72 Å². The van der Waals surface area contributed by atoms with E-state index < -0.39 is 35.1 Å². The van der Waals surface area contributed by atoms with E-state index in [2.05, 4.69) is 21.5 Å². The fraction of sp³-hybridized carbons (Fsp3) is 0.130. The smallest absolute Gasteiger partial charge is 0.361 e. The summed E-state index contributed by atoms with van der Waals surface area (Å²) >= 11 is 0.766. The molecule has 0 aliphatic heterocycles. The maximum atomic E-state index is 12.9. The first-order valence-corrected chi connectivity index (χ1v) is 14.2. The number of alkyl halides is 3. The number of nitrogens with one attached hydrogen (secondary N) is 2. The number of para-hydroxylation sites is 1. The molecular formula is C23H18F3N2O5PS2. The number of rotatable bonds is 6. The topological polar surface area (TPSA) is 119 Å². The molecule has 0 saturated carbocycles. The Bertz CT molecular complexity index is 1610. The monoisotopic (exact) mass is 554 g/mol. The van der Waals surface area contributed by atoms with Gasteiger partial charge in [0.05, 0.1) is 10.4 Å². The summed E-state index contributed by atoms with van der Waals surface area (Å²) < 4.78 is 77.8. The van der Waals surface area contributed by atoms with Gasteiger partial charge >= 0.3 is 13.8 Å². The molecule has 0 radical (unpaired) electrons. The van der Waals surface area contributed by atoms with Crippen molar-refractivity contribution in [1.82, 2.24) is 9.71 Å². The predicted octanol–water partition coefficient (Wildman–Crippen LogP) is 4.67. The van der Waals surface area contributed by atoms with Crippen molar-refractivity contribution in [2.75, 3.05) is 0 Å². The Balaban J connectivity index is 1.53. The van der Waals surface area contributed by atoms with E-state index in [1.54, 1.807) is 30.5 Å². The maximum absolute atomic E-state index is 12.9. The Morgan fingerprint density at radius 2 is 1.72 bits per heavy atom. The number of hydrogen-bond donors (Lipinski definition) is 4. The normalized spacial score (nSPS) is 13.4. The van der Waals surface area contributed by atoms with Crippen molar-refractivity contribution in [3.05, 3.63) is 88.4 Å². The molecule has 0 amide bonds. The molecule has 0 unspecified atom stereocenters. The molecule has 4 aromatic rings. The molecular weight excluding hydrogens is 536 g/mol. The van der Waals surface area contributed by atoms with Crippen molar-refractivity contribution in [1.29, 1.82) is 0 Å². The largest absolute Gasteiger partial charge is 0.416 e. The first kappa shape index (κ1) is 26.2. The lowest BCUT2D eigenvalue weighted by Gasteiger charge is -2.19. The summed E-state index contributed by atoms with van der Waals surface area (Å²) in [5.41, 5.74) is 0.778. The molecule has 0 bridgehead atoms. The summed E-state index contributed by atoms with van der Waals surface area (Å²) in [6.07, 6.45) is -3.14. The maximum Gasteiger partial charge on any atom is 0.416 e. The van der Waals surface area contributed by atoms with Gasteiger partial charge in [0.25, 0.3) is 10.0 Å². The van der Waals surface area contributed by atoms with Crippen LogP contribution in [-0.4, -0.2) is 29.0 Å². The standard InChI is InChI=1S/C23H18F3N2O5PS2/c24-23(25,26)17-8-5-15(6-9-17)7-10-18-11-12-22(35-18)36(32,33)28-21(34(29,30)31)13-16-14-27-20-4-2-1-3-19(16)20/h1-6,8-9,11-12,14,21,27-28H,13H2,(H2,29,30,31)/t21-/m1/s1. The summed E-state index contributed by atoms with van der Waals surface area (Å²) in [7, 11) is -9.19. The van der Waals surface area contributed by atoms with Crippen LogP contribution in [0.15, 0.2) is 71.1 Å². The van der Waals surface area contributed by atoms with Crippen molar-refractivity contribution < 1.29 is 35.9 Å². The van der Waals surface area contributed by atoms with E-state index in [0.717, 1.165) is 29.0 Å². The molecule has 0 aliphatic rings. The predicted molar refractivity (Wildman–Crippen MR) is 130 cm³/mol. The van der Waals surface area contributed by atoms with Gasteiger partial charge in [0, 0.05) is 29.1 Å². The van der Waals surface area contributed by atoms with Gasteiger partial charge in [-0.3, -0.25) is 4.57 Å². The Morgan fingerprint density at radius 3 is 2.39 bits per heavy atom. The van der Waals surface area contributed by atoms with Crippen LogP contribution in [0.25, 0.3) is 10.9 Å². The number of halogens is 3. The molecule has 0 fully saturated rings. The van der Waals surface area contributed by atoms with Gasteiger partial charge in [-0.25, -0.2) is 8.42 Å². The van der Waals surface area contributed by atoms with Gasteiger partial charge in [-0.1, -0.05) is 30.0 Å². The minimum Gasteiger partial charge on any atom is -0.361 e. The second-order valence-electron chi connectivity index (χ2n) is 7.73. The number of aromatic nitrogens is 1. The molecule has 0 saturated heterocycles. The van der Waals surface area contributed by atoms with Crippen LogP contribution in [0, 0.1) is 11.8 Å². The number of H-pyrrole nitrogens is 1. The van der Waals surface area contributed by atoms with Crippen molar-refractivity contribution in [2.24, 2.45) is 0 Å². The number of aromatic amines is 1. The Morgan fingerprint density at radius 1 is 1.03 bits per heavy atom. The van der Waals surface area contributed by atoms with E-state index in [9.17, 15) is 35.9 Å². The van der Waals surface area contributed by atoms with E-state index in [4.69, 9.17) is 0 Å². The van der Waals surface area contributed by atoms with Crippen molar-refractivity contribution in [3.63, 3.8) is 0 Å². The van der Waals surface area contributed by atoms with Crippen LogP contribution in [0.1, 0.15) is 21.6 Å². The van der Waals surface area contributed by atoms with Gasteiger partial charge < -0.3 is 14.8 Å². The number of benzene rings is 2. The Kier molecular flexibility index (Phi) is 7.16. The lowest BCUT2D eigenvalue weighted by atomic mass is 10.1.